The van der Waals surface area contributed by atoms with Crippen LogP contribution < -0.4 is 10.6 Å². The predicted octanol–water partition coefficient (Wildman–Crippen LogP) is 6.40. The first-order valence-electron chi connectivity index (χ1n) is 9.27. The molecule has 0 spiro atoms. The molecule has 1 heterocycles. The molecule has 0 aliphatic heterocycles. The fourth-order valence-electron chi connectivity index (χ4n) is 2.80. The standard InChI is InChI=1S/C24H18N2O2S2/c27-23(17-8-3-1-4-9-17)25-19-13-14-21(30-22-12-7-15-29-22)20(16-19)26-24(28)18-10-5-2-6-11-18/h1-16H,(H,25,27)(H,26,28). The summed E-state index contributed by atoms with van der Waals surface area (Å²) in [6.45, 7) is 0. The zero-order valence-corrected chi connectivity index (χ0v) is 17.5. The van der Waals surface area contributed by atoms with Gasteiger partial charge in [0.15, 0.2) is 0 Å². The van der Waals surface area contributed by atoms with Gasteiger partial charge in [-0.15, -0.1) is 11.3 Å². The van der Waals surface area contributed by atoms with Gasteiger partial charge in [-0.05, 0) is 53.9 Å². The van der Waals surface area contributed by atoms with Gasteiger partial charge in [0.05, 0.1) is 9.90 Å². The first kappa shape index (κ1) is 19.9. The summed E-state index contributed by atoms with van der Waals surface area (Å²) in [5.41, 5.74) is 2.41. The van der Waals surface area contributed by atoms with Gasteiger partial charge < -0.3 is 10.6 Å². The maximum absolute atomic E-state index is 12.7. The Hall–Kier alpha value is -3.35. The van der Waals surface area contributed by atoms with Crippen LogP contribution in [0.25, 0.3) is 0 Å². The molecule has 148 valence electrons. The molecule has 1 aromatic heterocycles. The number of hydrogen-bond acceptors (Lipinski definition) is 4. The summed E-state index contributed by atoms with van der Waals surface area (Å²) in [6, 6.07) is 27.6. The summed E-state index contributed by atoms with van der Waals surface area (Å²) in [5.74, 6) is -0.398. The number of rotatable bonds is 6. The molecule has 4 aromatic rings. The van der Waals surface area contributed by atoms with Crippen LogP contribution in [0.15, 0.2) is 105 Å². The van der Waals surface area contributed by atoms with E-state index in [1.807, 2.05) is 66.0 Å². The lowest BCUT2D eigenvalue weighted by molar-refractivity contribution is 0.101. The highest BCUT2D eigenvalue weighted by Gasteiger charge is 2.13. The van der Waals surface area contributed by atoms with Crippen molar-refractivity contribution in [2.75, 3.05) is 10.6 Å². The highest BCUT2D eigenvalue weighted by Crippen LogP contribution is 2.37. The third-order valence-electron chi connectivity index (χ3n) is 4.26. The molecule has 0 aliphatic rings. The number of nitrogens with one attached hydrogen (secondary N) is 2. The Balaban J connectivity index is 1.60. The Morgan fingerprint density at radius 3 is 1.93 bits per heavy atom. The van der Waals surface area contributed by atoms with E-state index in [1.54, 1.807) is 53.4 Å². The molecule has 0 bridgehead atoms. The molecule has 0 aliphatic carbocycles. The number of carbonyl (C=O) groups excluding carboxylic acids is 2. The number of carbonyl (C=O) groups is 2. The number of anilines is 2. The van der Waals surface area contributed by atoms with Crippen molar-refractivity contribution in [3.8, 4) is 0 Å². The molecule has 4 nitrogen and oxygen atoms in total. The van der Waals surface area contributed by atoms with E-state index in [0.29, 0.717) is 22.5 Å². The van der Waals surface area contributed by atoms with Crippen LogP contribution in [0.1, 0.15) is 20.7 Å². The molecule has 2 amide bonds. The van der Waals surface area contributed by atoms with Crippen LogP contribution in [-0.4, -0.2) is 11.8 Å². The van der Waals surface area contributed by atoms with Gasteiger partial charge in [0.1, 0.15) is 0 Å². The van der Waals surface area contributed by atoms with Crippen molar-refractivity contribution < 1.29 is 9.59 Å². The van der Waals surface area contributed by atoms with Crippen LogP contribution >= 0.6 is 23.1 Å². The molecule has 0 saturated heterocycles. The van der Waals surface area contributed by atoms with Crippen molar-refractivity contribution in [1.82, 2.24) is 0 Å². The van der Waals surface area contributed by atoms with Crippen LogP contribution in [0.5, 0.6) is 0 Å². The molecular formula is C24H18N2O2S2. The van der Waals surface area contributed by atoms with E-state index in [-0.39, 0.29) is 11.8 Å². The minimum atomic E-state index is -0.199. The van der Waals surface area contributed by atoms with Crippen LogP contribution in [0.2, 0.25) is 0 Å². The van der Waals surface area contributed by atoms with Gasteiger partial charge in [-0.25, -0.2) is 0 Å². The molecule has 2 N–H and O–H groups in total. The smallest absolute Gasteiger partial charge is 0.255 e. The zero-order valence-electron chi connectivity index (χ0n) is 15.9. The van der Waals surface area contributed by atoms with Gasteiger partial charge in [0.2, 0.25) is 0 Å². The quantitative estimate of drug-likeness (QED) is 0.372. The highest BCUT2D eigenvalue weighted by molar-refractivity contribution is 8.01. The number of amides is 2. The van der Waals surface area contributed by atoms with Gasteiger partial charge in [-0.1, -0.05) is 54.2 Å². The van der Waals surface area contributed by atoms with Gasteiger partial charge in [0, 0.05) is 21.7 Å². The van der Waals surface area contributed by atoms with Crippen molar-refractivity contribution in [2.45, 2.75) is 9.10 Å². The van der Waals surface area contributed by atoms with Gasteiger partial charge in [0.25, 0.3) is 11.8 Å². The summed E-state index contributed by atoms with van der Waals surface area (Å²) < 4.78 is 1.12. The maximum atomic E-state index is 12.7. The predicted molar refractivity (Wildman–Crippen MR) is 124 cm³/mol. The van der Waals surface area contributed by atoms with Crippen LogP contribution in [0.3, 0.4) is 0 Å². The summed E-state index contributed by atoms with van der Waals surface area (Å²) >= 11 is 3.21. The second-order valence-electron chi connectivity index (χ2n) is 6.39. The third kappa shape index (κ3) is 4.97. The zero-order chi connectivity index (χ0) is 20.8. The van der Waals surface area contributed by atoms with E-state index < -0.39 is 0 Å². The van der Waals surface area contributed by atoms with Gasteiger partial charge in [-0.2, -0.15) is 0 Å². The Kier molecular flexibility index (Phi) is 6.27. The molecule has 30 heavy (non-hydrogen) atoms. The molecule has 3 aromatic carbocycles. The lowest BCUT2D eigenvalue weighted by atomic mass is 10.2. The average molecular weight is 431 g/mol. The lowest BCUT2D eigenvalue weighted by Crippen LogP contribution is -2.14. The van der Waals surface area contributed by atoms with Crippen molar-refractivity contribution >= 4 is 46.3 Å². The van der Waals surface area contributed by atoms with E-state index in [4.69, 9.17) is 0 Å². The minimum absolute atomic E-state index is 0.199. The number of hydrogen-bond donors (Lipinski definition) is 2. The van der Waals surface area contributed by atoms with E-state index in [0.717, 1.165) is 9.10 Å². The topological polar surface area (TPSA) is 58.2 Å². The maximum Gasteiger partial charge on any atom is 0.255 e. The fraction of sp³-hybridized carbons (Fsp3) is 0. The van der Waals surface area contributed by atoms with Crippen LogP contribution in [-0.2, 0) is 0 Å². The summed E-state index contributed by atoms with van der Waals surface area (Å²) in [5, 5.41) is 7.90. The van der Waals surface area contributed by atoms with Crippen LogP contribution in [0.4, 0.5) is 11.4 Å². The summed E-state index contributed by atoms with van der Waals surface area (Å²) in [4.78, 5) is 26.1. The summed E-state index contributed by atoms with van der Waals surface area (Å²) in [7, 11) is 0. The summed E-state index contributed by atoms with van der Waals surface area (Å²) in [6.07, 6.45) is 0. The van der Waals surface area contributed by atoms with Crippen molar-refractivity contribution in [2.24, 2.45) is 0 Å². The SMILES string of the molecule is O=C(Nc1ccc(Sc2cccs2)c(NC(=O)c2ccccc2)c1)c1ccccc1. The molecule has 6 heteroatoms. The molecular weight excluding hydrogens is 412 g/mol. The van der Waals surface area contributed by atoms with Gasteiger partial charge >= 0.3 is 0 Å². The molecule has 0 atom stereocenters. The molecule has 0 fully saturated rings. The lowest BCUT2D eigenvalue weighted by Gasteiger charge is -2.13. The Morgan fingerprint density at radius 2 is 1.33 bits per heavy atom. The normalized spacial score (nSPS) is 10.4. The minimum Gasteiger partial charge on any atom is -0.322 e. The number of thiophene rings is 1. The van der Waals surface area contributed by atoms with E-state index >= 15 is 0 Å². The van der Waals surface area contributed by atoms with Gasteiger partial charge in [-0.3, -0.25) is 9.59 Å². The fourth-order valence-corrected chi connectivity index (χ4v) is 4.60. The Bertz CT molecular complexity index is 1140. The number of benzene rings is 3. The highest BCUT2D eigenvalue weighted by atomic mass is 32.2. The van der Waals surface area contributed by atoms with E-state index in [9.17, 15) is 9.59 Å². The van der Waals surface area contributed by atoms with Crippen LogP contribution in [0, 0.1) is 0 Å². The molecule has 0 unspecified atom stereocenters. The van der Waals surface area contributed by atoms with E-state index in [1.165, 1.54) is 0 Å². The Morgan fingerprint density at radius 1 is 0.700 bits per heavy atom. The largest absolute Gasteiger partial charge is 0.322 e. The van der Waals surface area contributed by atoms with E-state index in [2.05, 4.69) is 10.6 Å². The third-order valence-corrected chi connectivity index (χ3v) is 6.38. The first-order valence-corrected chi connectivity index (χ1v) is 11.0. The molecule has 0 radical (unpaired) electrons. The van der Waals surface area contributed by atoms with Crippen molar-refractivity contribution in [3.05, 3.63) is 108 Å². The van der Waals surface area contributed by atoms with Crippen molar-refractivity contribution in [1.29, 1.82) is 0 Å². The monoisotopic (exact) mass is 430 g/mol. The average Bonchev–Trinajstić information content (AvgIpc) is 3.30. The molecule has 0 saturated carbocycles. The first-order chi connectivity index (χ1) is 14.7. The molecule has 4 rings (SSSR count). The second-order valence-corrected chi connectivity index (χ2v) is 8.68. The second kappa shape index (κ2) is 9.43. The Labute approximate surface area is 183 Å². The van der Waals surface area contributed by atoms with Crippen molar-refractivity contribution in [3.63, 3.8) is 0 Å².